The zero-order valence-corrected chi connectivity index (χ0v) is 10.3. The molecule has 5 heteroatoms. The monoisotopic (exact) mass is 270 g/mol. The quantitative estimate of drug-likeness (QED) is 0.473. The van der Waals surface area contributed by atoms with Gasteiger partial charge >= 0.3 is 12.1 Å². The van der Waals surface area contributed by atoms with E-state index < -0.39 is 18.8 Å². The molecule has 0 radical (unpaired) electrons. The maximum Gasteiger partial charge on any atom is 0.422 e. The number of rotatable bonds is 4. The predicted molar refractivity (Wildman–Crippen MR) is 66.2 cm³/mol. The lowest BCUT2D eigenvalue weighted by molar-refractivity contribution is -0.183. The minimum atomic E-state index is -4.50. The average molecular weight is 270 g/mol. The summed E-state index contributed by atoms with van der Waals surface area (Å²) in [5.41, 5.74) is 1.03. The van der Waals surface area contributed by atoms with Crippen LogP contribution in [-0.2, 0) is 9.53 Å². The van der Waals surface area contributed by atoms with Gasteiger partial charge < -0.3 is 4.74 Å². The molecule has 0 aliphatic rings. The second kappa shape index (κ2) is 6.78. The molecule has 0 saturated heterocycles. The summed E-state index contributed by atoms with van der Waals surface area (Å²) in [6.45, 7) is -0.173. The summed E-state index contributed by atoms with van der Waals surface area (Å²) in [4.78, 5) is 11.2. The van der Waals surface area contributed by atoms with Crippen molar-refractivity contribution in [2.45, 2.75) is 13.1 Å². The molecule has 0 aromatic heterocycles. The number of esters is 1. The Kier molecular flexibility index (Phi) is 5.36. The second-order valence-electron chi connectivity index (χ2n) is 3.81. The second-order valence-corrected chi connectivity index (χ2v) is 3.81. The Morgan fingerprint density at radius 1 is 1.26 bits per heavy atom. The van der Waals surface area contributed by atoms with Gasteiger partial charge in [0.25, 0.3) is 0 Å². The fourth-order valence-electron chi connectivity index (χ4n) is 1.20. The van der Waals surface area contributed by atoms with Crippen LogP contribution in [0.5, 0.6) is 0 Å². The van der Waals surface area contributed by atoms with Crippen molar-refractivity contribution in [1.29, 1.82) is 0 Å². The lowest BCUT2D eigenvalue weighted by Gasteiger charge is -2.07. The Morgan fingerprint density at radius 3 is 2.47 bits per heavy atom. The number of allylic oxidation sites excluding steroid dienone is 2. The summed E-state index contributed by atoms with van der Waals surface area (Å²) in [6.07, 6.45) is 0.224. The molecular weight excluding hydrogens is 257 g/mol. The van der Waals surface area contributed by atoms with E-state index in [4.69, 9.17) is 0 Å². The van der Waals surface area contributed by atoms with E-state index in [2.05, 4.69) is 4.74 Å². The molecule has 1 aromatic rings. The van der Waals surface area contributed by atoms with Gasteiger partial charge in [0.05, 0.1) is 0 Å². The fourth-order valence-corrected chi connectivity index (χ4v) is 1.20. The molecule has 0 heterocycles. The van der Waals surface area contributed by atoms with Crippen molar-refractivity contribution in [3.8, 4) is 0 Å². The van der Waals surface area contributed by atoms with Crippen LogP contribution >= 0.6 is 0 Å². The summed E-state index contributed by atoms with van der Waals surface area (Å²) < 4.78 is 39.6. The third-order valence-electron chi connectivity index (χ3n) is 2.12. The van der Waals surface area contributed by atoms with Gasteiger partial charge in [-0.3, -0.25) is 0 Å². The zero-order valence-electron chi connectivity index (χ0n) is 10.3. The van der Waals surface area contributed by atoms with Gasteiger partial charge in [-0.15, -0.1) is 0 Å². The van der Waals surface area contributed by atoms with E-state index in [9.17, 15) is 18.0 Å². The van der Waals surface area contributed by atoms with Gasteiger partial charge in [0.1, 0.15) is 0 Å². The molecule has 1 rings (SSSR count). The lowest BCUT2D eigenvalue weighted by atomic mass is 10.2. The van der Waals surface area contributed by atoms with Crippen LogP contribution in [0.25, 0.3) is 6.08 Å². The summed E-state index contributed by atoms with van der Waals surface area (Å²) in [6, 6.07) is 9.30. The van der Waals surface area contributed by atoms with Crippen molar-refractivity contribution in [3.63, 3.8) is 0 Å². The van der Waals surface area contributed by atoms with E-state index in [1.54, 1.807) is 12.2 Å². The molecule has 1 aromatic carbocycles. The normalized spacial score (nSPS) is 12.7. The largest absolute Gasteiger partial charge is 0.453 e. The number of carbonyl (C=O) groups excluding carboxylic acids is 1. The minimum absolute atomic E-state index is 0.108. The molecule has 102 valence electrons. The van der Waals surface area contributed by atoms with Gasteiger partial charge in [0.15, 0.2) is 6.61 Å². The highest BCUT2D eigenvalue weighted by Gasteiger charge is 2.29. The van der Waals surface area contributed by atoms with Gasteiger partial charge in [-0.2, -0.15) is 13.2 Å². The van der Waals surface area contributed by atoms with Crippen LogP contribution in [0.1, 0.15) is 12.5 Å². The molecule has 0 spiro atoms. The number of benzene rings is 1. The van der Waals surface area contributed by atoms with Gasteiger partial charge in [0.2, 0.25) is 0 Å². The van der Waals surface area contributed by atoms with Crippen LogP contribution in [0.3, 0.4) is 0 Å². The molecule has 0 fully saturated rings. The van der Waals surface area contributed by atoms with E-state index in [0.717, 1.165) is 5.56 Å². The molecule has 0 unspecified atom stereocenters. The number of carbonyl (C=O) groups is 1. The van der Waals surface area contributed by atoms with Crippen molar-refractivity contribution < 1.29 is 22.7 Å². The van der Waals surface area contributed by atoms with E-state index in [0.29, 0.717) is 0 Å². The third-order valence-corrected chi connectivity index (χ3v) is 2.12. The van der Waals surface area contributed by atoms with Crippen LogP contribution in [-0.4, -0.2) is 18.8 Å². The summed E-state index contributed by atoms with van der Waals surface area (Å²) in [7, 11) is 0. The van der Waals surface area contributed by atoms with E-state index in [-0.39, 0.29) is 5.57 Å². The van der Waals surface area contributed by atoms with Gasteiger partial charge in [-0.05, 0) is 12.5 Å². The van der Waals surface area contributed by atoms with Crippen LogP contribution < -0.4 is 0 Å². The summed E-state index contributed by atoms with van der Waals surface area (Å²) in [5, 5.41) is 0. The fraction of sp³-hybridized carbons (Fsp3) is 0.214. The van der Waals surface area contributed by atoms with E-state index in [1.165, 1.54) is 13.0 Å². The molecular formula is C14H13F3O2. The van der Waals surface area contributed by atoms with Crippen LogP contribution in [0.2, 0.25) is 0 Å². The Morgan fingerprint density at radius 2 is 1.89 bits per heavy atom. The van der Waals surface area contributed by atoms with Crippen molar-refractivity contribution in [2.75, 3.05) is 6.61 Å². The number of hydrogen-bond acceptors (Lipinski definition) is 2. The average Bonchev–Trinajstić information content (AvgIpc) is 2.36. The van der Waals surface area contributed by atoms with E-state index >= 15 is 0 Å². The smallest absolute Gasteiger partial charge is 0.422 e. The first-order valence-corrected chi connectivity index (χ1v) is 5.52. The maximum absolute atomic E-state index is 11.8. The van der Waals surface area contributed by atoms with Gasteiger partial charge in [0, 0.05) is 5.57 Å². The first kappa shape index (κ1) is 15.0. The Bertz CT molecular complexity index is 473. The summed E-state index contributed by atoms with van der Waals surface area (Å²) in [5.74, 6) is -0.977. The highest BCUT2D eigenvalue weighted by molar-refractivity contribution is 5.88. The number of halogens is 3. The molecule has 2 nitrogen and oxygen atoms in total. The van der Waals surface area contributed by atoms with Crippen LogP contribution in [0.15, 0.2) is 48.1 Å². The first-order chi connectivity index (χ1) is 8.88. The highest BCUT2D eigenvalue weighted by Crippen LogP contribution is 2.15. The molecule has 0 atom stereocenters. The Hall–Kier alpha value is -2.04. The van der Waals surface area contributed by atoms with Crippen molar-refractivity contribution in [3.05, 3.63) is 53.6 Å². The molecule has 0 aliphatic carbocycles. The molecule has 0 aliphatic heterocycles. The minimum Gasteiger partial charge on any atom is -0.453 e. The Balaban J connectivity index is 2.53. The van der Waals surface area contributed by atoms with Gasteiger partial charge in [-0.25, -0.2) is 4.79 Å². The molecule has 19 heavy (non-hydrogen) atoms. The van der Waals surface area contributed by atoms with Crippen molar-refractivity contribution in [2.24, 2.45) is 0 Å². The van der Waals surface area contributed by atoms with Crippen LogP contribution in [0, 0.1) is 0 Å². The lowest BCUT2D eigenvalue weighted by Crippen LogP contribution is -2.20. The molecule has 0 saturated carbocycles. The maximum atomic E-state index is 11.8. The molecule has 0 bridgehead atoms. The van der Waals surface area contributed by atoms with E-state index in [1.807, 2.05) is 30.3 Å². The zero-order chi connectivity index (χ0) is 14.3. The highest BCUT2D eigenvalue weighted by atomic mass is 19.4. The molecule has 0 amide bonds. The van der Waals surface area contributed by atoms with Crippen LogP contribution in [0.4, 0.5) is 13.2 Å². The summed E-state index contributed by atoms with van der Waals surface area (Å²) >= 11 is 0. The standard InChI is InChI=1S/C14H13F3O2/c1-11(13(18)19-10-14(15,16)17)6-5-9-12-7-3-2-4-8-12/h2-9H,10H2,1H3. The van der Waals surface area contributed by atoms with Crippen molar-refractivity contribution >= 4 is 12.0 Å². The topological polar surface area (TPSA) is 26.3 Å². The SMILES string of the molecule is CC(=CC=Cc1ccccc1)C(=O)OCC(F)(F)F. The van der Waals surface area contributed by atoms with Gasteiger partial charge in [-0.1, -0.05) is 48.6 Å². The molecule has 0 N–H and O–H groups in total. The predicted octanol–water partition coefficient (Wildman–Crippen LogP) is 3.75. The third kappa shape index (κ3) is 6.45. The number of alkyl halides is 3. The number of hydrogen-bond donors (Lipinski definition) is 0. The first-order valence-electron chi connectivity index (χ1n) is 5.52. The Labute approximate surface area is 109 Å². The van der Waals surface area contributed by atoms with Crippen molar-refractivity contribution in [1.82, 2.24) is 0 Å². The number of ether oxygens (including phenoxy) is 1.